The Kier molecular flexibility index (Phi) is 4.48. The molecule has 0 saturated carbocycles. The summed E-state index contributed by atoms with van der Waals surface area (Å²) in [5.41, 5.74) is 6.83. The molecule has 0 bridgehead atoms. The van der Waals surface area contributed by atoms with E-state index in [1.165, 1.54) is 6.07 Å². The lowest BCUT2D eigenvalue weighted by Crippen LogP contribution is -2.44. The van der Waals surface area contributed by atoms with E-state index in [2.05, 4.69) is 15.8 Å². The molecule has 3 aromatic rings. The van der Waals surface area contributed by atoms with Gasteiger partial charge < -0.3 is 4.57 Å². The minimum absolute atomic E-state index is 0.353. The first-order chi connectivity index (χ1) is 11.6. The average molecular weight is 343 g/mol. The number of carbonyl (C=O) groups excluding carboxylic acids is 2. The normalized spacial score (nSPS) is 11.9. The van der Waals surface area contributed by atoms with Crippen LogP contribution in [-0.2, 0) is 4.79 Å². The molecule has 24 heavy (non-hydrogen) atoms. The lowest BCUT2D eigenvalue weighted by Gasteiger charge is -2.15. The maximum absolute atomic E-state index is 12.3. The van der Waals surface area contributed by atoms with E-state index in [1.807, 2.05) is 24.3 Å². The van der Waals surface area contributed by atoms with Crippen molar-refractivity contribution in [1.29, 1.82) is 0 Å². The van der Waals surface area contributed by atoms with Crippen LogP contribution in [0.3, 0.4) is 0 Å². The fraction of sp³-hybridized carbons (Fsp3) is 0.118. The Bertz CT molecular complexity index is 906. The number of carbonyl (C=O) groups is 2. The Morgan fingerprint density at radius 2 is 1.92 bits per heavy atom. The second-order valence-electron chi connectivity index (χ2n) is 5.27. The van der Waals surface area contributed by atoms with Crippen molar-refractivity contribution in [2.24, 2.45) is 0 Å². The number of benzene rings is 2. The first kappa shape index (κ1) is 16.0. The van der Waals surface area contributed by atoms with Crippen LogP contribution in [0.1, 0.15) is 23.3 Å². The molecule has 3 rings (SSSR count). The zero-order chi connectivity index (χ0) is 17.1. The Balaban J connectivity index is 1.67. The van der Waals surface area contributed by atoms with Crippen LogP contribution < -0.4 is 10.9 Å². The van der Waals surface area contributed by atoms with Gasteiger partial charge in [-0.25, -0.2) is 4.98 Å². The smallest absolute Gasteiger partial charge is 0.269 e. The molecule has 2 N–H and O–H groups in total. The molecule has 0 aliphatic rings. The van der Waals surface area contributed by atoms with Gasteiger partial charge in [-0.15, -0.1) is 0 Å². The molecule has 0 radical (unpaired) electrons. The Labute approximate surface area is 143 Å². The van der Waals surface area contributed by atoms with Crippen molar-refractivity contribution in [2.45, 2.75) is 13.0 Å². The molecule has 0 fully saturated rings. The number of nitrogens with one attached hydrogen (secondary N) is 2. The molecule has 0 aliphatic heterocycles. The quantitative estimate of drug-likeness (QED) is 0.718. The molecule has 1 atom stereocenters. The second kappa shape index (κ2) is 6.72. The highest BCUT2D eigenvalue weighted by atomic mass is 35.5. The Morgan fingerprint density at radius 3 is 2.71 bits per heavy atom. The van der Waals surface area contributed by atoms with E-state index in [0.717, 1.165) is 11.0 Å². The molecule has 1 aromatic heterocycles. The maximum Gasteiger partial charge on any atom is 0.269 e. The summed E-state index contributed by atoms with van der Waals surface area (Å²) in [5.74, 6) is -0.790. The lowest BCUT2D eigenvalue weighted by molar-refractivity contribution is -0.124. The van der Waals surface area contributed by atoms with Crippen molar-refractivity contribution in [3.05, 3.63) is 65.4 Å². The first-order valence-corrected chi connectivity index (χ1v) is 7.71. The zero-order valence-electron chi connectivity index (χ0n) is 12.9. The van der Waals surface area contributed by atoms with Gasteiger partial charge in [0.05, 0.1) is 17.4 Å². The van der Waals surface area contributed by atoms with Crippen molar-refractivity contribution >= 4 is 34.4 Å². The van der Waals surface area contributed by atoms with Crippen molar-refractivity contribution < 1.29 is 9.59 Å². The standard InChI is InChI=1S/C17H15ClN4O2/c1-11(22-10-19-14-7-2-3-8-15(14)22)16(23)20-21-17(24)12-5-4-6-13(18)9-12/h2-11H,1H3,(H,20,23)(H,21,24). The van der Waals surface area contributed by atoms with Crippen LogP contribution in [0, 0.1) is 0 Å². The van der Waals surface area contributed by atoms with Crippen LogP contribution >= 0.6 is 11.6 Å². The monoisotopic (exact) mass is 342 g/mol. The van der Waals surface area contributed by atoms with Crippen LogP contribution in [0.2, 0.25) is 5.02 Å². The summed E-state index contributed by atoms with van der Waals surface area (Å²) in [7, 11) is 0. The third kappa shape index (κ3) is 3.23. The van der Waals surface area contributed by atoms with Crippen molar-refractivity contribution in [1.82, 2.24) is 20.4 Å². The van der Waals surface area contributed by atoms with Crippen LogP contribution in [0.5, 0.6) is 0 Å². The fourth-order valence-electron chi connectivity index (χ4n) is 2.34. The van der Waals surface area contributed by atoms with Gasteiger partial charge in [-0.2, -0.15) is 0 Å². The number of aromatic nitrogens is 2. The largest absolute Gasteiger partial charge is 0.318 e. The van der Waals surface area contributed by atoms with E-state index in [-0.39, 0.29) is 5.91 Å². The first-order valence-electron chi connectivity index (χ1n) is 7.33. The Morgan fingerprint density at radius 1 is 1.12 bits per heavy atom. The van der Waals surface area contributed by atoms with Gasteiger partial charge in [0.25, 0.3) is 11.8 Å². The summed E-state index contributed by atoms with van der Waals surface area (Å²) in [6.07, 6.45) is 1.60. The third-order valence-corrected chi connectivity index (χ3v) is 3.90. The predicted molar refractivity (Wildman–Crippen MR) is 91.5 cm³/mol. The fourth-order valence-corrected chi connectivity index (χ4v) is 2.53. The van der Waals surface area contributed by atoms with Crippen molar-refractivity contribution in [3.63, 3.8) is 0 Å². The van der Waals surface area contributed by atoms with E-state index in [1.54, 1.807) is 36.0 Å². The number of para-hydroxylation sites is 2. The number of rotatable bonds is 3. The van der Waals surface area contributed by atoms with Crippen LogP contribution in [0.15, 0.2) is 54.9 Å². The number of hydrogen-bond donors (Lipinski definition) is 2. The molecular weight excluding hydrogens is 328 g/mol. The van der Waals surface area contributed by atoms with E-state index >= 15 is 0 Å². The topological polar surface area (TPSA) is 76.0 Å². The van der Waals surface area contributed by atoms with Crippen molar-refractivity contribution in [3.8, 4) is 0 Å². The van der Waals surface area contributed by atoms with Crippen LogP contribution in [0.4, 0.5) is 0 Å². The SMILES string of the molecule is CC(C(=O)NNC(=O)c1cccc(Cl)c1)n1cnc2ccccc21. The number of imidazole rings is 1. The maximum atomic E-state index is 12.3. The molecule has 0 aliphatic carbocycles. The second-order valence-corrected chi connectivity index (χ2v) is 5.71. The van der Waals surface area contributed by atoms with E-state index in [9.17, 15) is 9.59 Å². The van der Waals surface area contributed by atoms with Gasteiger partial charge in [0.1, 0.15) is 6.04 Å². The number of halogens is 1. The van der Waals surface area contributed by atoms with Gasteiger partial charge in [0, 0.05) is 10.6 Å². The number of fused-ring (bicyclic) bond motifs is 1. The molecular formula is C17H15ClN4O2. The number of amides is 2. The highest BCUT2D eigenvalue weighted by Gasteiger charge is 2.18. The molecule has 122 valence electrons. The minimum atomic E-state index is -0.530. The van der Waals surface area contributed by atoms with Gasteiger partial charge in [-0.05, 0) is 37.3 Å². The lowest BCUT2D eigenvalue weighted by atomic mass is 10.2. The summed E-state index contributed by atoms with van der Waals surface area (Å²) in [6.45, 7) is 1.73. The van der Waals surface area contributed by atoms with Gasteiger partial charge in [-0.1, -0.05) is 29.8 Å². The molecule has 6 nitrogen and oxygen atoms in total. The summed E-state index contributed by atoms with van der Waals surface area (Å²) < 4.78 is 1.75. The van der Waals surface area contributed by atoms with Gasteiger partial charge in [-0.3, -0.25) is 20.4 Å². The van der Waals surface area contributed by atoms with Gasteiger partial charge in [0.2, 0.25) is 0 Å². The zero-order valence-corrected chi connectivity index (χ0v) is 13.6. The molecule has 7 heteroatoms. The summed E-state index contributed by atoms with van der Waals surface area (Å²) in [4.78, 5) is 28.6. The average Bonchev–Trinajstić information content (AvgIpc) is 3.02. The molecule has 1 unspecified atom stereocenters. The van der Waals surface area contributed by atoms with E-state index < -0.39 is 11.9 Å². The molecule has 0 spiro atoms. The number of nitrogens with zero attached hydrogens (tertiary/aromatic N) is 2. The van der Waals surface area contributed by atoms with E-state index in [4.69, 9.17) is 11.6 Å². The highest BCUT2D eigenvalue weighted by Crippen LogP contribution is 2.17. The van der Waals surface area contributed by atoms with Gasteiger partial charge >= 0.3 is 0 Å². The minimum Gasteiger partial charge on any atom is -0.318 e. The third-order valence-electron chi connectivity index (χ3n) is 3.66. The van der Waals surface area contributed by atoms with E-state index in [0.29, 0.717) is 10.6 Å². The van der Waals surface area contributed by atoms with Gasteiger partial charge in [0.15, 0.2) is 0 Å². The van der Waals surface area contributed by atoms with Crippen LogP contribution in [-0.4, -0.2) is 21.4 Å². The van der Waals surface area contributed by atoms with Crippen LogP contribution in [0.25, 0.3) is 11.0 Å². The number of hydrogen-bond acceptors (Lipinski definition) is 3. The predicted octanol–water partition coefficient (Wildman–Crippen LogP) is 2.71. The Hall–Kier alpha value is -2.86. The highest BCUT2D eigenvalue weighted by molar-refractivity contribution is 6.30. The van der Waals surface area contributed by atoms with Crippen molar-refractivity contribution in [2.75, 3.05) is 0 Å². The number of hydrazine groups is 1. The molecule has 2 aromatic carbocycles. The molecule has 2 amide bonds. The molecule has 1 heterocycles. The molecule has 0 saturated heterocycles. The summed E-state index contributed by atoms with van der Waals surface area (Å²) >= 11 is 5.85. The summed E-state index contributed by atoms with van der Waals surface area (Å²) in [5, 5.41) is 0.451. The summed E-state index contributed by atoms with van der Waals surface area (Å²) in [6, 6.07) is 13.5.